The molecule has 0 fully saturated rings. The zero-order chi connectivity index (χ0) is 14.6. The minimum atomic E-state index is -1.63. The number of nitro groups is 1. The summed E-state index contributed by atoms with van der Waals surface area (Å²) in [6.07, 6.45) is -3.09. The Balaban J connectivity index is 2.73. The lowest BCUT2D eigenvalue weighted by Gasteiger charge is -2.19. The van der Waals surface area contributed by atoms with E-state index in [1.165, 1.54) is 24.3 Å². The largest absolute Gasteiger partial charge is 0.384 e. The molecule has 0 saturated carbocycles. The number of benzene rings is 1. The third kappa shape index (κ3) is 4.32. The van der Waals surface area contributed by atoms with Crippen LogP contribution >= 0.6 is 23.2 Å². The van der Waals surface area contributed by atoms with Crippen molar-refractivity contribution in [3.8, 4) is 0 Å². The Bertz CT molecular complexity index is 465. The first-order valence-electron chi connectivity index (χ1n) is 5.02. The van der Waals surface area contributed by atoms with Crippen molar-refractivity contribution in [3.05, 3.63) is 39.9 Å². The third-order valence-electron chi connectivity index (χ3n) is 2.23. The maximum Gasteiger partial charge on any atom is 0.269 e. The van der Waals surface area contributed by atoms with Gasteiger partial charge in [0.25, 0.3) is 11.6 Å². The number of non-ortho nitro benzene ring substituents is 1. The van der Waals surface area contributed by atoms with Gasteiger partial charge in [0.15, 0.2) is 11.1 Å². The molecule has 0 heterocycles. The van der Waals surface area contributed by atoms with Gasteiger partial charge in [0.2, 0.25) is 0 Å². The highest BCUT2D eigenvalue weighted by Crippen LogP contribution is 2.19. The van der Waals surface area contributed by atoms with Crippen LogP contribution in [0.15, 0.2) is 24.3 Å². The molecular weight excluding hydrogens is 299 g/mol. The third-order valence-corrected chi connectivity index (χ3v) is 2.63. The van der Waals surface area contributed by atoms with Gasteiger partial charge in [0, 0.05) is 12.1 Å². The minimum absolute atomic E-state index is 0.156. The smallest absolute Gasteiger partial charge is 0.269 e. The van der Waals surface area contributed by atoms with Crippen molar-refractivity contribution in [2.24, 2.45) is 0 Å². The summed E-state index contributed by atoms with van der Waals surface area (Å²) in [6.45, 7) is 0. The average Bonchev–Trinajstić information content (AvgIpc) is 2.37. The van der Waals surface area contributed by atoms with Crippen LogP contribution in [0, 0.1) is 10.1 Å². The lowest BCUT2D eigenvalue weighted by Crippen LogP contribution is -2.41. The summed E-state index contributed by atoms with van der Waals surface area (Å²) in [5.74, 6) is -0.864. The van der Waals surface area contributed by atoms with E-state index < -0.39 is 28.0 Å². The lowest BCUT2D eigenvalue weighted by atomic mass is 10.1. The first-order chi connectivity index (χ1) is 8.82. The predicted octanol–water partition coefficient (Wildman–Crippen LogP) is 0.867. The number of nitrogens with zero attached hydrogens (tertiary/aromatic N) is 1. The Morgan fingerprint density at radius 1 is 1.26 bits per heavy atom. The molecule has 0 aliphatic carbocycles. The van der Waals surface area contributed by atoms with Gasteiger partial charge in [-0.05, 0) is 17.7 Å². The van der Waals surface area contributed by atoms with Crippen LogP contribution in [0.4, 0.5) is 5.69 Å². The number of rotatable bonds is 5. The molecule has 0 aliphatic rings. The molecule has 0 saturated heterocycles. The molecule has 1 rings (SSSR count). The van der Waals surface area contributed by atoms with Crippen molar-refractivity contribution in [1.29, 1.82) is 0 Å². The van der Waals surface area contributed by atoms with Crippen molar-refractivity contribution in [1.82, 2.24) is 5.32 Å². The highest BCUT2D eigenvalue weighted by molar-refractivity contribution is 6.53. The molecule has 0 spiro atoms. The second-order valence-corrected chi connectivity index (χ2v) is 4.64. The molecule has 2 atom stereocenters. The van der Waals surface area contributed by atoms with Crippen LogP contribution < -0.4 is 5.32 Å². The number of nitro benzene ring substituents is 1. The van der Waals surface area contributed by atoms with Gasteiger partial charge in [-0.1, -0.05) is 23.2 Å². The number of aliphatic hydroxyl groups is 2. The van der Waals surface area contributed by atoms with Gasteiger partial charge in [-0.25, -0.2) is 0 Å². The summed E-state index contributed by atoms with van der Waals surface area (Å²) < 4.78 is 0. The fourth-order valence-electron chi connectivity index (χ4n) is 1.26. The Labute approximate surface area is 117 Å². The first kappa shape index (κ1) is 15.6. The van der Waals surface area contributed by atoms with Crippen molar-refractivity contribution in [2.75, 3.05) is 0 Å². The summed E-state index contributed by atoms with van der Waals surface area (Å²) in [5.41, 5.74) is 0.0372. The molecular formula is C10H10Cl2N2O5. The fourth-order valence-corrected chi connectivity index (χ4v) is 1.39. The molecule has 3 N–H and O–H groups in total. The Morgan fingerprint density at radius 2 is 1.79 bits per heavy atom. The normalized spacial score (nSPS) is 13.9. The van der Waals surface area contributed by atoms with Gasteiger partial charge in [-0.3, -0.25) is 14.9 Å². The number of halogens is 2. The molecule has 0 aliphatic heterocycles. The number of hydrogen-bond acceptors (Lipinski definition) is 5. The zero-order valence-corrected chi connectivity index (χ0v) is 10.9. The summed E-state index contributed by atoms with van der Waals surface area (Å²) in [6, 6.07) is 4.85. The lowest BCUT2D eigenvalue weighted by molar-refractivity contribution is -0.384. The van der Waals surface area contributed by atoms with E-state index in [1.807, 2.05) is 5.32 Å². The Hall–Kier alpha value is -1.41. The number of aliphatic hydroxyl groups excluding tert-OH is 2. The molecule has 0 aromatic heterocycles. The van der Waals surface area contributed by atoms with Crippen molar-refractivity contribution < 1.29 is 19.9 Å². The predicted molar refractivity (Wildman–Crippen MR) is 67.7 cm³/mol. The van der Waals surface area contributed by atoms with E-state index in [0.717, 1.165) is 0 Å². The maximum atomic E-state index is 11.1. The first-order valence-corrected chi connectivity index (χ1v) is 5.89. The van der Waals surface area contributed by atoms with Gasteiger partial charge < -0.3 is 15.5 Å². The van der Waals surface area contributed by atoms with Crippen LogP contribution in [0.2, 0.25) is 0 Å². The van der Waals surface area contributed by atoms with E-state index in [9.17, 15) is 25.1 Å². The standard InChI is InChI=1S/C10H10Cl2N2O5/c11-8(12)10(17)13-9(16)7(15)5-1-3-6(4-2-5)14(18)19/h1-4,7-9,15-16H,(H,13,17)/t7-,9-/m1/s1. The van der Waals surface area contributed by atoms with Gasteiger partial charge in [0.1, 0.15) is 6.10 Å². The van der Waals surface area contributed by atoms with E-state index in [-0.39, 0.29) is 11.3 Å². The van der Waals surface area contributed by atoms with Crippen molar-refractivity contribution >= 4 is 34.8 Å². The SMILES string of the molecule is O=C(N[C@H](O)[C@H](O)c1ccc([N+](=O)[O-])cc1)C(Cl)Cl. The average molecular weight is 309 g/mol. The van der Waals surface area contributed by atoms with Gasteiger partial charge in [-0.15, -0.1) is 0 Å². The van der Waals surface area contributed by atoms with Crippen LogP contribution in [-0.2, 0) is 4.79 Å². The molecule has 104 valence electrons. The molecule has 1 amide bonds. The molecule has 1 aromatic rings. The highest BCUT2D eigenvalue weighted by atomic mass is 35.5. The summed E-state index contributed by atoms with van der Waals surface area (Å²) in [4.78, 5) is 19.6. The summed E-state index contributed by atoms with van der Waals surface area (Å²) >= 11 is 10.5. The summed E-state index contributed by atoms with van der Waals surface area (Å²) in [7, 11) is 0. The van der Waals surface area contributed by atoms with E-state index in [0.29, 0.717) is 0 Å². The minimum Gasteiger partial charge on any atom is -0.384 e. The molecule has 0 bridgehead atoms. The molecule has 1 aromatic carbocycles. The topological polar surface area (TPSA) is 113 Å². The monoisotopic (exact) mass is 308 g/mol. The molecule has 7 nitrogen and oxygen atoms in total. The number of carbonyl (C=O) groups is 1. The molecule has 0 radical (unpaired) electrons. The summed E-state index contributed by atoms with van der Waals surface area (Å²) in [5, 5.41) is 31.7. The number of hydrogen-bond donors (Lipinski definition) is 3. The number of alkyl halides is 2. The fraction of sp³-hybridized carbons (Fsp3) is 0.300. The van der Waals surface area contributed by atoms with Crippen molar-refractivity contribution in [2.45, 2.75) is 17.2 Å². The number of carbonyl (C=O) groups excluding carboxylic acids is 1. The van der Waals surface area contributed by atoms with Gasteiger partial charge >= 0.3 is 0 Å². The van der Waals surface area contributed by atoms with Crippen LogP contribution in [-0.4, -0.2) is 32.1 Å². The Kier molecular flexibility index (Phi) is 5.49. The van der Waals surface area contributed by atoms with Crippen LogP contribution in [0.5, 0.6) is 0 Å². The zero-order valence-electron chi connectivity index (χ0n) is 9.36. The van der Waals surface area contributed by atoms with Crippen molar-refractivity contribution in [3.63, 3.8) is 0 Å². The number of amides is 1. The van der Waals surface area contributed by atoms with Crippen LogP contribution in [0.25, 0.3) is 0 Å². The van der Waals surface area contributed by atoms with E-state index in [4.69, 9.17) is 23.2 Å². The Morgan fingerprint density at radius 3 is 2.21 bits per heavy atom. The highest BCUT2D eigenvalue weighted by Gasteiger charge is 2.23. The molecule has 0 unspecified atom stereocenters. The van der Waals surface area contributed by atoms with Gasteiger partial charge in [-0.2, -0.15) is 0 Å². The van der Waals surface area contributed by atoms with E-state index in [2.05, 4.69) is 0 Å². The maximum absolute atomic E-state index is 11.1. The van der Waals surface area contributed by atoms with E-state index >= 15 is 0 Å². The second-order valence-electron chi connectivity index (χ2n) is 3.55. The van der Waals surface area contributed by atoms with Gasteiger partial charge in [0.05, 0.1) is 4.92 Å². The van der Waals surface area contributed by atoms with Crippen LogP contribution in [0.1, 0.15) is 11.7 Å². The number of nitrogens with one attached hydrogen (secondary N) is 1. The molecule has 19 heavy (non-hydrogen) atoms. The van der Waals surface area contributed by atoms with Crippen LogP contribution in [0.3, 0.4) is 0 Å². The second kappa shape index (κ2) is 6.67. The van der Waals surface area contributed by atoms with E-state index in [1.54, 1.807) is 0 Å². The quantitative estimate of drug-likeness (QED) is 0.323. The molecule has 9 heteroatoms.